The van der Waals surface area contributed by atoms with Crippen molar-refractivity contribution in [1.82, 2.24) is 4.57 Å². The maximum atomic E-state index is 2.54. The first-order valence-corrected chi connectivity index (χ1v) is 25.3. The van der Waals surface area contributed by atoms with E-state index in [1.807, 2.05) is 0 Å². The molecule has 0 amide bonds. The third-order valence-corrected chi connectivity index (χ3v) is 16.4. The quantitative estimate of drug-likeness (QED) is 0.161. The van der Waals surface area contributed by atoms with Crippen LogP contribution in [0.25, 0.3) is 83.1 Å². The van der Waals surface area contributed by atoms with Crippen molar-refractivity contribution >= 4 is 38.9 Å². The van der Waals surface area contributed by atoms with Gasteiger partial charge in [0.2, 0.25) is 0 Å². The Morgan fingerprint density at radius 2 is 0.819 bits per heavy atom. The Kier molecular flexibility index (Phi) is 8.66. The Morgan fingerprint density at radius 3 is 1.56 bits per heavy atom. The zero-order chi connectivity index (χ0) is 47.7. The molecule has 1 aromatic heterocycles. The summed E-state index contributed by atoms with van der Waals surface area (Å²) in [5, 5.41) is 2.51. The summed E-state index contributed by atoms with van der Waals surface area (Å²) in [6.07, 6.45) is 0. The van der Waals surface area contributed by atoms with Crippen molar-refractivity contribution in [1.29, 1.82) is 0 Å². The largest absolute Gasteiger partial charge is 0.310 e. The van der Waals surface area contributed by atoms with E-state index >= 15 is 0 Å². The van der Waals surface area contributed by atoms with Crippen molar-refractivity contribution in [3.63, 3.8) is 0 Å². The second-order valence-corrected chi connectivity index (χ2v) is 20.4. The SMILES string of the molecule is CC1(C)c2cc(-c3ccccc3)ccc2-c2ccc(N(c3ccc(-c4ccc5c6ccccc6n(-c6ccccc6)c5c4)cc3)c3cccc4c3-c3ccccc3C43c4ccccc4-c4ccccc43)cc21. The molecule has 0 atom stereocenters. The van der Waals surface area contributed by atoms with Gasteiger partial charge in [-0.15, -0.1) is 0 Å². The van der Waals surface area contributed by atoms with Crippen molar-refractivity contribution in [2.75, 3.05) is 4.90 Å². The van der Waals surface area contributed by atoms with Crippen LogP contribution in [0.15, 0.2) is 255 Å². The fourth-order valence-corrected chi connectivity index (χ4v) is 13.2. The first-order valence-electron chi connectivity index (χ1n) is 25.3. The van der Waals surface area contributed by atoms with Gasteiger partial charge in [-0.3, -0.25) is 0 Å². The first-order chi connectivity index (χ1) is 35.5. The lowest BCUT2D eigenvalue weighted by atomic mass is 9.70. The number of rotatable bonds is 6. The highest BCUT2D eigenvalue weighted by molar-refractivity contribution is 6.10. The van der Waals surface area contributed by atoms with Crippen LogP contribution < -0.4 is 4.90 Å². The fraction of sp³-hybridized carbons (Fsp3) is 0.0571. The van der Waals surface area contributed by atoms with E-state index in [0.717, 1.165) is 17.1 Å². The molecule has 11 aromatic carbocycles. The van der Waals surface area contributed by atoms with Crippen LogP contribution in [0.2, 0.25) is 0 Å². The number of hydrogen-bond acceptors (Lipinski definition) is 1. The molecule has 3 aliphatic carbocycles. The van der Waals surface area contributed by atoms with Crippen molar-refractivity contribution in [2.45, 2.75) is 24.7 Å². The van der Waals surface area contributed by atoms with Gasteiger partial charge in [0.05, 0.1) is 22.1 Å². The van der Waals surface area contributed by atoms with Gasteiger partial charge in [-0.25, -0.2) is 0 Å². The Balaban J connectivity index is 0.928. The van der Waals surface area contributed by atoms with E-state index in [1.54, 1.807) is 0 Å². The van der Waals surface area contributed by atoms with Gasteiger partial charge in [-0.05, 0) is 144 Å². The molecule has 0 aliphatic heterocycles. The summed E-state index contributed by atoms with van der Waals surface area (Å²) in [4.78, 5) is 2.54. The van der Waals surface area contributed by atoms with Crippen molar-refractivity contribution in [2.24, 2.45) is 0 Å². The Bertz CT molecular complexity index is 4130. The zero-order valence-electron chi connectivity index (χ0n) is 40.1. The highest BCUT2D eigenvalue weighted by Crippen LogP contribution is 2.65. The van der Waals surface area contributed by atoms with Gasteiger partial charge in [0, 0.05) is 38.8 Å². The van der Waals surface area contributed by atoms with Gasteiger partial charge < -0.3 is 9.47 Å². The Morgan fingerprint density at radius 1 is 0.319 bits per heavy atom. The second-order valence-electron chi connectivity index (χ2n) is 20.4. The van der Waals surface area contributed by atoms with E-state index < -0.39 is 5.41 Å². The summed E-state index contributed by atoms with van der Waals surface area (Å²) >= 11 is 0. The molecule has 0 unspecified atom stereocenters. The van der Waals surface area contributed by atoms with E-state index in [0.29, 0.717) is 0 Å². The van der Waals surface area contributed by atoms with Gasteiger partial charge in [-0.1, -0.05) is 208 Å². The summed E-state index contributed by atoms with van der Waals surface area (Å²) in [6, 6.07) is 95.2. The van der Waals surface area contributed by atoms with Crippen molar-refractivity contribution in [3.8, 4) is 61.3 Å². The smallest absolute Gasteiger partial charge is 0.0726 e. The van der Waals surface area contributed by atoms with Gasteiger partial charge in [0.15, 0.2) is 0 Å². The minimum Gasteiger partial charge on any atom is -0.310 e. The number of nitrogens with zero attached hydrogens (tertiary/aromatic N) is 2. The molecule has 0 N–H and O–H groups in total. The number of benzene rings is 11. The maximum absolute atomic E-state index is 2.54. The normalized spacial score (nSPS) is 13.9. The number of para-hydroxylation sites is 2. The van der Waals surface area contributed by atoms with Crippen LogP contribution in [-0.2, 0) is 10.8 Å². The minimum absolute atomic E-state index is 0.228. The highest BCUT2D eigenvalue weighted by Gasteiger charge is 2.52. The molecule has 15 rings (SSSR count). The summed E-state index contributed by atoms with van der Waals surface area (Å²) < 4.78 is 2.40. The molecule has 338 valence electrons. The molecule has 2 nitrogen and oxygen atoms in total. The van der Waals surface area contributed by atoms with E-state index in [4.69, 9.17) is 0 Å². The predicted molar refractivity (Wildman–Crippen MR) is 300 cm³/mol. The summed E-state index contributed by atoms with van der Waals surface area (Å²) in [5.41, 5.74) is 27.0. The molecule has 1 heterocycles. The summed E-state index contributed by atoms with van der Waals surface area (Å²) in [6.45, 7) is 4.80. The molecule has 0 fully saturated rings. The van der Waals surface area contributed by atoms with Crippen LogP contribution in [-0.4, -0.2) is 4.57 Å². The van der Waals surface area contributed by atoms with Gasteiger partial charge in [-0.2, -0.15) is 0 Å². The van der Waals surface area contributed by atoms with Crippen LogP contribution in [0.5, 0.6) is 0 Å². The van der Waals surface area contributed by atoms with Crippen LogP contribution in [0.1, 0.15) is 47.2 Å². The standard InChI is InChI=1S/C70H48N2/c1-69(2)63-42-47(45-18-5-3-6-19-45)34-39-54(63)55-41-38-51(44-64(55)69)71(50-36-32-46(33-37-50)48-35-40-57-56-24-12-16-30-65(56)72(67(57)43-48)49-20-7-4-8-21-49)66-31-17-29-62-68(66)58-25-11-15-28-61(58)70(62)59-26-13-9-22-52(59)53-23-10-14-27-60(53)70/h3-44H,1-2H3. The zero-order valence-corrected chi connectivity index (χ0v) is 40.1. The Labute approximate surface area is 420 Å². The lowest BCUT2D eigenvalue weighted by molar-refractivity contribution is 0.660. The maximum Gasteiger partial charge on any atom is 0.0726 e. The van der Waals surface area contributed by atoms with E-state index in [1.165, 1.54) is 117 Å². The molecule has 0 saturated carbocycles. The average molecular weight is 917 g/mol. The average Bonchev–Trinajstić information content (AvgIpc) is 4.12. The summed E-state index contributed by atoms with van der Waals surface area (Å²) in [7, 11) is 0. The van der Waals surface area contributed by atoms with Crippen LogP contribution in [0, 0.1) is 0 Å². The van der Waals surface area contributed by atoms with Crippen LogP contribution in [0.4, 0.5) is 17.1 Å². The van der Waals surface area contributed by atoms with E-state index in [-0.39, 0.29) is 5.41 Å². The van der Waals surface area contributed by atoms with Gasteiger partial charge in [0.1, 0.15) is 0 Å². The molecular formula is C70H48N2. The fourth-order valence-electron chi connectivity index (χ4n) is 13.2. The second kappa shape index (κ2) is 15.3. The number of fused-ring (bicyclic) bond motifs is 16. The predicted octanol–water partition coefficient (Wildman–Crippen LogP) is 18.2. The van der Waals surface area contributed by atoms with Crippen molar-refractivity contribution in [3.05, 3.63) is 288 Å². The van der Waals surface area contributed by atoms with Crippen molar-refractivity contribution < 1.29 is 0 Å². The topological polar surface area (TPSA) is 8.17 Å². The minimum atomic E-state index is -0.455. The summed E-state index contributed by atoms with van der Waals surface area (Å²) in [5.74, 6) is 0. The lowest BCUT2D eigenvalue weighted by Gasteiger charge is -2.32. The number of aromatic nitrogens is 1. The third-order valence-electron chi connectivity index (χ3n) is 16.4. The van der Waals surface area contributed by atoms with Gasteiger partial charge >= 0.3 is 0 Å². The molecule has 0 bridgehead atoms. The first kappa shape index (κ1) is 40.9. The lowest BCUT2D eigenvalue weighted by Crippen LogP contribution is -2.26. The van der Waals surface area contributed by atoms with Crippen LogP contribution >= 0.6 is 0 Å². The highest BCUT2D eigenvalue weighted by atomic mass is 15.1. The van der Waals surface area contributed by atoms with Gasteiger partial charge in [0.25, 0.3) is 0 Å². The molecule has 3 aliphatic rings. The van der Waals surface area contributed by atoms with Crippen LogP contribution in [0.3, 0.4) is 0 Å². The molecular weight excluding hydrogens is 869 g/mol. The molecule has 1 spiro atoms. The monoisotopic (exact) mass is 916 g/mol. The molecule has 12 aromatic rings. The molecule has 2 heteroatoms. The molecule has 0 radical (unpaired) electrons. The Hall–Kier alpha value is -8.98. The molecule has 0 saturated heterocycles. The van der Waals surface area contributed by atoms with E-state index in [9.17, 15) is 0 Å². The number of anilines is 3. The van der Waals surface area contributed by atoms with E-state index in [2.05, 4.69) is 278 Å². The third kappa shape index (κ3) is 5.61. The molecule has 72 heavy (non-hydrogen) atoms. The number of hydrogen-bond donors (Lipinski definition) is 0.